The number of ether oxygens (including phenoxy) is 1. The molecule has 0 radical (unpaired) electrons. The molecule has 82 valence electrons. The molecule has 0 saturated heterocycles. The Kier molecular flexibility index (Phi) is 2.86. The van der Waals surface area contributed by atoms with Gasteiger partial charge in [-0.25, -0.2) is 4.98 Å². The number of nitrogens with zero attached hydrogens (tertiary/aromatic N) is 1. The zero-order valence-electron chi connectivity index (χ0n) is 9.36. The van der Waals surface area contributed by atoms with Crippen LogP contribution in [0.25, 0.3) is 10.8 Å². The van der Waals surface area contributed by atoms with Gasteiger partial charge in [0.05, 0.1) is 7.11 Å². The molecule has 3 heteroatoms. The van der Waals surface area contributed by atoms with Gasteiger partial charge in [0, 0.05) is 23.6 Å². The molecule has 2 rings (SSSR count). The van der Waals surface area contributed by atoms with Gasteiger partial charge in [0.2, 0.25) is 5.88 Å². The van der Waals surface area contributed by atoms with Gasteiger partial charge in [-0.3, -0.25) is 4.79 Å². The summed E-state index contributed by atoms with van der Waals surface area (Å²) in [5.74, 6) is 0.691. The Bertz CT molecular complexity index is 534. The molecule has 0 fully saturated rings. The predicted octanol–water partition coefficient (Wildman–Crippen LogP) is 2.84. The molecule has 0 aliphatic rings. The lowest BCUT2D eigenvalue weighted by Gasteiger charge is -2.05. The molecule has 3 nitrogen and oxygen atoms in total. The Balaban J connectivity index is 2.63. The number of carbonyl (C=O) groups excluding carboxylic acids is 1. The fourth-order valence-corrected chi connectivity index (χ4v) is 1.68. The van der Waals surface area contributed by atoms with Gasteiger partial charge in [0.25, 0.3) is 0 Å². The molecule has 1 aromatic carbocycles. The van der Waals surface area contributed by atoms with Crippen molar-refractivity contribution in [2.24, 2.45) is 0 Å². The third kappa shape index (κ3) is 1.76. The summed E-state index contributed by atoms with van der Waals surface area (Å²) in [6.45, 7) is 1.85. The first-order chi connectivity index (χ1) is 7.76. The first-order valence-corrected chi connectivity index (χ1v) is 5.22. The largest absolute Gasteiger partial charge is 0.481 e. The van der Waals surface area contributed by atoms with Crippen molar-refractivity contribution in [2.45, 2.75) is 13.3 Å². The average Bonchev–Trinajstić information content (AvgIpc) is 2.36. The van der Waals surface area contributed by atoms with E-state index in [0.717, 1.165) is 10.8 Å². The second-order valence-corrected chi connectivity index (χ2v) is 3.53. The lowest BCUT2D eigenvalue weighted by molar-refractivity contribution is 0.0988. The van der Waals surface area contributed by atoms with Crippen LogP contribution < -0.4 is 4.74 Å². The normalized spacial score (nSPS) is 10.4. The summed E-state index contributed by atoms with van der Waals surface area (Å²) >= 11 is 0. The number of hydrogen-bond donors (Lipinski definition) is 0. The third-order valence-corrected chi connectivity index (χ3v) is 2.57. The minimum absolute atomic E-state index is 0.132. The van der Waals surface area contributed by atoms with Gasteiger partial charge in [-0.1, -0.05) is 19.1 Å². The van der Waals surface area contributed by atoms with Crippen molar-refractivity contribution in [1.82, 2.24) is 4.98 Å². The summed E-state index contributed by atoms with van der Waals surface area (Å²) < 4.78 is 5.17. The van der Waals surface area contributed by atoms with Crippen LogP contribution in [0.1, 0.15) is 23.7 Å². The number of benzene rings is 1. The Morgan fingerprint density at radius 3 is 2.88 bits per heavy atom. The smallest absolute Gasteiger partial charge is 0.221 e. The van der Waals surface area contributed by atoms with E-state index in [1.54, 1.807) is 13.3 Å². The first kappa shape index (κ1) is 10.6. The van der Waals surface area contributed by atoms with Crippen molar-refractivity contribution < 1.29 is 9.53 Å². The van der Waals surface area contributed by atoms with Gasteiger partial charge in [-0.15, -0.1) is 0 Å². The second-order valence-electron chi connectivity index (χ2n) is 3.53. The summed E-state index contributed by atoms with van der Waals surface area (Å²) in [4.78, 5) is 15.7. The number of rotatable bonds is 3. The predicted molar refractivity (Wildman–Crippen MR) is 62.9 cm³/mol. The van der Waals surface area contributed by atoms with Gasteiger partial charge in [-0.05, 0) is 17.5 Å². The monoisotopic (exact) mass is 215 g/mol. The van der Waals surface area contributed by atoms with Crippen LogP contribution in [0.4, 0.5) is 0 Å². The van der Waals surface area contributed by atoms with Gasteiger partial charge in [-0.2, -0.15) is 0 Å². The van der Waals surface area contributed by atoms with Crippen LogP contribution in [-0.2, 0) is 0 Å². The lowest BCUT2D eigenvalue weighted by atomic mass is 10.0. The quantitative estimate of drug-likeness (QED) is 0.739. The third-order valence-electron chi connectivity index (χ3n) is 2.57. The number of aromatic nitrogens is 1. The number of methoxy groups -OCH3 is 1. The van der Waals surface area contributed by atoms with E-state index in [0.29, 0.717) is 17.9 Å². The second kappa shape index (κ2) is 4.31. The van der Waals surface area contributed by atoms with Gasteiger partial charge in [0.1, 0.15) is 0 Å². The molecule has 0 unspecified atom stereocenters. The van der Waals surface area contributed by atoms with Crippen LogP contribution in [0.2, 0.25) is 0 Å². The number of pyridine rings is 1. The van der Waals surface area contributed by atoms with Crippen molar-refractivity contribution in [1.29, 1.82) is 0 Å². The summed E-state index contributed by atoms with van der Waals surface area (Å²) in [7, 11) is 1.58. The zero-order chi connectivity index (χ0) is 11.5. The molecule has 0 N–H and O–H groups in total. The number of ketones is 1. The maximum absolute atomic E-state index is 11.6. The number of hydrogen-bond acceptors (Lipinski definition) is 3. The average molecular weight is 215 g/mol. The number of fused-ring (bicyclic) bond motifs is 1. The summed E-state index contributed by atoms with van der Waals surface area (Å²) in [6.07, 6.45) is 2.20. The Morgan fingerprint density at radius 2 is 2.19 bits per heavy atom. The standard InChI is InChI=1S/C13H13NO2/c1-3-12(15)10-5-4-9-6-7-14-13(16-2)11(9)8-10/h4-8H,3H2,1-2H3. The Morgan fingerprint density at radius 1 is 1.38 bits per heavy atom. The molecule has 0 aliphatic carbocycles. The van der Waals surface area contributed by atoms with E-state index >= 15 is 0 Å². The highest BCUT2D eigenvalue weighted by molar-refractivity contribution is 6.00. The lowest BCUT2D eigenvalue weighted by Crippen LogP contribution is -1.97. The highest BCUT2D eigenvalue weighted by Crippen LogP contribution is 2.24. The van der Waals surface area contributed by atoms with Crippen LogP contribution in [0, 0.1) is 0 Å². The van der Waals surface area contributed by atoms with Crippen LogP contribution in [0.3, 0.4) is 0 Å². The van der Waals surface area contributed by atoms with E-state index in [1.807, 2.05) is 31.2 Å². The van der Waals surface area contributed by atoms with Gasteiger partial charge >= 0.3 is 0 Å². The first-order valence-electron chi connectivity index (χ1n) is 5.22. The molecule has 1 heterocycles. The van der Waals surface area contributed by atoms with E-state index in [-0.39, 0.29) is 5.78 Å². The van der Waals surface area contributed by atoms with Crippen LogP contribution in [0.15, 0.2) is 30.5 Å². The highest BCUT2D eigenvalue weighted by Gasteiger charge is 2.07. The number of carbonyl (C=O) groups is 1. The molecular weight excluding hydrogens is 202 g/mol. The summed E-state index contributed by atoms with van der Waals surface area (Å²) in [5.41, 5.74) is 0.710. The molecule has 0 aliphatic heterocycles. The molecule has 0 amide bonds. The fraction of sp³-hybridized carbons (Fsp3) is 0.231. The molecule has 2 aromatic rings. The molecule has 16 heavy (non-hydrogen) atoms. The zero-order valence-corrected chi connectivity index (χ0v) is 9.36. The maximum Gasteiger partial charge on any atom is 0.221 e. The maximum atomic E-state index is 11.6. The SMILES string of the molecule is CCC(=O)c1ccc2ccnc(OC)c2c1. The van der Waals surface area contributed by atoms with E-state index in [9.17, 15) is 4.79 Å². The Hall–Kier alpha value is -1.90. The minimum Gasteiger partial charge on any atom is -0.481 e. The van der Waals surface area contributed by atoms with E-state index in [1.165, 1.54) is 0 Å². The summed E-state index contributed by atoms with van der Waals surface area (Å²) in [6, 6.07) is 7.50. The topological polar surface area (TPSA) is 39.2 Å². The Labute approximate surface area is 94.1 Å². The van der Waals surface area contributed by atoms with Crippen molar-refractivity contribution in [3.8, 4) is 5.88 Å². The fourth-order valence-electron chi connectivity index (χ4n) is 1.68. The molecule has 0 spiro atoms. The molecular formula is C13H13NO2. The van der Waals surface area contributed by atoms with Crippen LogP contribution in [0.5, 0.6) is 5.88 Å². The van der Waals surface area contributed by atoms with Crippen LogP contribution >= 0.6 is 0 Å². The number of Topliss-reactive ketones (excluding diaryl/α,β-unsaturated/α-hetero) is 1. The van der Waals surface area contributed by atoms with E-state index in [2.05, 4.69) is 4.98 Å². The van der Waals surface area contributed by atoms with E-state index < -0.39 is 0 Å². The molecule has 0 atom stereocenters. The van der Waals surface area contributed by atoms with Crippen molar-refractivity contribution >= 4 is 16.6 Å². The van der Waals surface area contributed by atoms with Crippen molar-refractivity contribution in [3.05, 3.63) is 36.0 Å². The van der Waals surface area contributed by atoms with Crippen molar-refractivity contribution in [3.63, 3.8) is 0 Å². The minimum atomic E-state index is 0.132. The van der Waals surface area contributed by atoms with Crippen LogP contribution in [-0.4, -0.2) is 17.9 Å². The summed E-state index contributed by atoms with van der Waals surface area (Å²) in [5, 5.41) is 1.91. The van der Waals surface area contributed by atoms with Gasteiger partial charge in [0.15, 0.2) is 5.78 Å². The van der Waals surface area contributed by atoms with E-state index in [4.69, 9.17) is 4.74 Å². The molecule has 0 bridgehead atoms. The van der Waals surface area contributed by atoms with Crippen molar-refractivity contribution in [2.75, 3.05) is 7.11 Å². The molecule has 1 aromatic heterocycles. The van der Waals surface area contributed by atoms with Gasteiger partial charge < -0.3 is 4.74 Å². The molecule has 0 saturated carbocycles. The highest BCUT2D eigenvalue weighted by atomic mass is 16.5.